The molecular formula is C9H15NO2. The number of hydrogen-bond acceptors (Lipinski definition) is 3. The van der Waals surface area contributed by atoms with Gasteiger partial charge in [-0.1, -0.05) is 0 Å². The maximum atomic E-state index is 11.4. The van der Waals surface area contributed by atoms with E-state index in [1.807, 2.05) is 6.92 Å². The summed E-state index contributed by atoms with van der Waals surface area (Å²) in [4.78, 5) is 11.4. The molecule has 0 radical (unpaired) electrons. The number of ether oxygens (including phenoxy) is 1. The summed E-state index contributed by atoms with van der Waals surface area (Å²) in [6, 6.07) is 0. The molecule has 1 aliphatic carbocycles. The number of rotatable bonds is 2. The van der Waals surface area contributed by atoms with Crippen molar-refractivity contribution in [3.05, 3.63) is 0 Å². The van der Waals surface area contributed by atoms with E-state index < -0.39 is 0 Å². The van der Waals surface area contributed by atoms with Crippen LogP contribution in [0, 0.1) is 11.3 Å². The van der Waals surface area contributed by atoms with Crippen LogP contribution in [0.5, 0.6) is 0 Å². The molecule has 0 aromatic heterocycles. The highest BCUT2D eigenvalue weighted by Crippen LogP contribution is 2.54. The van der Waals surface area contributed by atoms with Crippen molar-refractivity contribution >= 4 is 5.97 Å². The molecule has 1 heterocycles. The summed E-state index contributed by atoms with van der Waals surface area (Å²) in [5, 5.41) is 3.26. The molecule has 2 rings (SSSR count). The molecule has 2 aliphatic rings. The fraction of sp³-hybridized carbons (Fsp3) is 0.889. The second-order valence-electron chi connectivity index (χ2n) is 3.80. The van der Waals surface area contributed by atoms with Crippen molar-refractivity contribution in [3.8, 4) is 0 Å². The Morgan fingerprint density at radius 1 is 1.67 bits per heavy atom. The third-order valence-corrected chi connectivity index (χ3v) is 3.03. The van der Waals surface area contributed by atoms with E-state index in [1.54, 1.807) is 0 Å². The normalized spacial score (nSPS) is 30.6. The second kappa shape index (κ2) is 2.73. The summed E-state index contributed by atoms with van der Waals surface area (Å²) >= 11 is 0. The molecule has 12 heavy (non-hydrogen) atoms. The lowest BCUT2D eigenvalue weighted by molar-refractivity contribution is -0.149. The van der Waals surface area contributed by atoms with Crippen LogP contribution in [0.15, 0.2) is 0 Å². The molecule has 3 nitrogen and oxygen atoms in total. The fourth-order valence-corrected chi connectivity index (χ4v) is 2.07. The molecule has 0 bridgehead atoms. The summed E-state index contributed by atoms with van der Waals surface area (Å²) in [5.41, 5.74) is 0.298. The highest BCUT2D eigenvalue weighted by atomic mass is 16.5. The molecular weight excluding hydrogens is 154 g/mol. The summed E-state index contributed by atoms with van der Waals surface area (Å²) in [7, 11) is 0. The lowest BCUT2D eigenvalue weighted by atomic mass is 9.93. The van der Waals surface area contributed by atoms with Gasteiger partial charge in [-0.05, 0) is 25.2 Å². The minimum Gasteiger partial charge on any atom is -0.466 e. The van der Waals surface area contributed by atoms with Gasteiger partial charge in [-0.3, -0.25) is 4.79 Å². The third-order valence-electron chi connectivity index (χ3n) is 3.03. The van der Waals surface area contributed by atoms with Gasteiger partial charge in [-0.15, -0.1) is 0 Å². The molecule has 1 N–H and O–H groups in total. The van der Waals surface area contributed by atoms with Gasteiger partial charge < -0.3 is 10.1 Å². The van der Waals surface area contributed by atoms with Crippen molar-refractivity contribution in [3.63, 3.8) is 0 Å². The van der Waals surface area contributed by atoms with Gasteiger partial charge >= 0.3 is 5.97 Å². The average molecular weight is 169 g/mol. The van der Waals surface area contributed by atoms with Crippen LogP contribution in [0.1, 0.15) is 19.8 Å². The number of esters is 1. The smallest absolute Gasteiger partial charge is 0.310 e. The second-order valence-corrected chi connectivity index (χ2v) is 3.80. The summed E-state index contributed by atoms with van der Waals surface area (Å²) in [5.74, 6) is 0.137. The van der Waals surface area contributed by atoms with Gasteiger partial charge in [0.15, 0.2) is 0 Å². The topological polar surface area (TPSA) is 38.3 Å². The Labute approximate surface area is 72.5 Å². The standard InChI is InChI=1S/C9H15NO2/c1-2-12-8(11)7-5-10-6-9(7)3-4-9/h7,10H,2-6H2,1H3/t7-/m1/s1. The van der Waals surface area contributed by atoms with Crippen LogP contribution in [-0.2, 0) is 9.53 Å². The fourth-order valence-electron chi connectivity index (χ4n) is 2.07. The lowest BCUT2D eigenvalue weighted by Crippen LogP contribution is -2.25. The van der Waals surface area contributed by atoms with Crippen LogP contribution in [-0.4, -0.2) is 25.7 Å². The molecule has 1 atom stereocenters. The van der Waals surface area contributed by atoms with E-state index in [4.69, 9.17) is 4.74 Å². The van der Waals surface area contributed by atoms with Crippen molar-refractivity contribution in [1.29, 1.82) is 0 Å². The first-order valence-electron chi connectivity index (χ1n) is 4.66. The minimum absolute atomic E-state index is 0.000000000000000666. The first-order chi connectivity index (χ1) is 5.78. The number of nitrogens with one attached hydrogen (secondary N) is 1. The molecule has 0 unspecified atom stereocenters. The summed E-state index contributed by atoms with van der Waals surface area (Å²) < 4.78 is 5.02. The van der Waals surface area contributed by atoms with Gasteiger partial charge in [0.1, 0.15) is 0 Å². The van der Waals surface area contributed by atoms with E-state index in [9.17, 15) is 4.79 Å². The van der Waals surface area contributed by atoms with Crippen LogP contribution in [0.3, 0.4) is 0 Å². The van der Waals surface area contributed by atoms with Crippen molar-refractivity contribution in [2.45, 2.75) is 19.8 Å². The highest BCUT2D eigenvalue weighted by molar-refractivity contribution is 5.75. The van der Waals surface area contributed by atoms with Gasteiger partial charge in [0.05, 0.1) is 12.5 Å². The predicted octanol–water partition coefficient (Wildman–Crippen LogP) is 0.549. The van der Waals surface area contributed by atoms with Crippen LogP contribution in [0.25, 0.3) is 0 Å². The van der Waals surface area contributed by atoms with E-state index in [1.165, 1.54) is 12.8 Å². The monoisotopic (exact) mass is 169 g/mol. The molecule has 0 aromatic rings. The van der Waals surface area contributed by atoms with Gasteiger partial charge in [-0.25, -0.2) is 0 Å². The number of carbonyl (C=O) groups is 1. The van der Waals surface area contributed by atoms with Crippen molar-refractivity contribution < 1.29 is 9.53 Å². The maximum absolute atomic E-state index is 11.4. The van der Waals surface area contributed by atoms with E-state index in [0.29, 0.717) is 12.0 Å². The van der Waals surface area contributed by atoms with E-state index in [0.717, 1.165) is 13.1 Å². The Bertz CT molecular complexity index is 199. The van der Waals surface area contributed by atoms with Gasteiger partial charge in [0.2, 0.25) is 0 Å². The zero-order valence-electron chi connectivity index (χ0n) is 7.43. The van der Waals surface area contributed by atoms with Crippen LogP contribution < -0.4 is 5.32 Å². The zero-order chi connectivity index (χ0) is 8.60. The van der Waals surface area contributed by atoms with Crippen molar-refractivity contribution in [2.75, 3.05) is 19.7 Å². The third kappa shape index (κ3) is 1.12. The Hall–Kier alpha value is -0.570. The molecule has 68 valence electrons. The molecule has 1 spiro atoms. The van der Waals surface area contributed by atoms with E-state index >= 15 is 0 Å². The minimum atomic E-state index is 0.000000000000000666. The summed E-state index contributed by atoms with van der Waals surface area (Å²) in [6.07, 6.45) is 2.40. The lowest BCUT2D eigenvalue weighted by Gasteiger charge is -2.14. The predicted molar refractivity (Wildman–Crippen MR) is 44.7 cm³/mol. The first kappa shape index (κ1) is 8.05. The molecule has 2 fully saturated rings. The quantitative estimate of drug-likeness (QED) is 0.613. The molecule has 3 heteroatoms. The van der Waals surface area contributed by atoms with E-state index in [2.05, 4.69) is 5.32 Å². The van der Waals surface area contributed by atoms with Gasteiger partial charge in [-0.2, -0.15) is 0 Å². The molecule has 1 saturated heterocycles. The van der Waals surface area contributed by atoms with Gasteiger partial charge in [0, 0.05) is 13.1 Å². The van der Waals surface area contributed by atoms with Crippen LogP contribution >= 0.6 is 0 Å². The average Bonchev–Trinajstić information content (AvgIpc) is 2.63. The Morgan fingerprint density at radius 3 is 3.00 bits per heavy atom. The number of hydrogen-bond donors (Lipinski definition) is 1. The highest BCUT2D eigenvalue weighted by Gasteiger charge is 2.55. The van der Waals surface area contributed by atoms with Crippen molar-refractivity contribution in [2.24, 2.45) is 11.3 Å². The molecule has 0 aromatic carbocycles. The van der Waals surface area contributed by atoms with Crippen LogP contribution in [0.4, 0.5) is 0 Å². The largest absolute Gasteiger partial charge is 0.466 e. The number of carbonyl (C=O) groups excluding carboxylic acids is 1. The Kier molecular flexibility index (Phi) is 1.83. The molecule has 1 aliphatic heterocycles. The Balaban J connectivity index is 1.98. The SMILES string of the molecule is CCOC(=O)[C@H]1CNCC12CC2. The van der Waals surface area contributed by atoms with Crippen LogP contribution in [0.2, 0.25) is 0 Å². The zero-order valence-corrected chi connectivity index (χ0v) is 7.43. The summed E-state index contributed by atoms with van der Waals surface area (Å²) in [6.45, 7) is 4.20. The Morgan fingerprint density at radius 2 is 2.42 bits per heavy atom. The maximum Gasteiger partial charge on any atom is 0.310 e. The van der Waals surface area contributed by atoms with Gasteiger partial charge in [0.25, 0.3) is 0 Å². The van der Waals surface area contributed by atoms with E-state index in [-0.39, 0.29) is 11.9 Å². The first-order valence-corrected chi connectivity index (χ1v) is 4.66. The molecule has 0 amide bonds. The van der Waals surface area contributed by atoms with Crippen molar-refractivity contribution in [1.82, 2.24) is 5.32 Å². The molecule has 1 saturated carbocycles.